The number of sulfonamides is 1. The number of benzene rings is 1. The number of nitrogens with zero attached hydrogens (tertiary/aromatic N) is 5. The summed E-state index contributed by atoms with van der Waals surface area (Å²) in [5.41, 5.74) is 1.16. The van der Waals surface area contributed by atoms with Gasteiger partial charge in [-0.25, -0.2) is 31.9 Å². The number of fused-ring (bicyclic) bond motifs is 3. The molecule has 0 amide bonds. The molecule has 13 heteroatoms. The topological polar surface area (TPSA) is 113 Å². The number of halogens is 2. The molecule has 3 fully saturated rings. The van der Waals surface area contributed by atoms with E-state index in [1.54, 1.807) is 13.0 Å². The van der Waals surface area contributed by atoms with E-state index in [-0.39, 0.29) is 15.9 Å². The van der Waals surface area contributed by atoms with E-state index < -0.39 is 27.0 Å². The van der Waals surface area contributed by atoms with Crippen molar-refractivity contribution in [3.8, 4) is 10.7 Å². The fraction of sp³-hybridized carbons (Fsp3) is 0.524. The van der Waals surface area contributed by atoms with Crippen LogP contribution in [0.3, 0.4) is 0 Å². The molecule has 2 aliphatic heterocycles. The smallest absolute Gasteiger partial charge is 0.291 e. The molecule has 1 saturated carbocycles. The van der Waals surface area contributed by atoms with Crippen molar-refractivity contribution in [1.29, 1.82) is 0 Å². The first kappa shape index (κ1) is 22.1. The average Bonchev–Trinajstić information content (AvgIpc) is 3.23. The maximum absolute atomic E-state index is 13.4. The third-order valence-corrected chi connectivity index (χ3v) is 9.31. The van der Waals surface area contributed by atoms with Crippen LogP contribution in [-0.4, -0.2) is 59.3 Å². The molecule has 6 rings (SSSR count). The molecule has 2 aromatic heterocycles. The van der Waals surface area contributed by atoms with Gasteiger partial charge in [-0.05, 0) is 45.2 Å². The highest BCUT2D eigenvalue weighted by Gasteiger charge is 2.42. The third kappa shape index (κ3) is 3.74. The average molecular weight is 508 g/mol. The van der Waals surface area contributed by atoms with E-state index in [4.69, 9.17) is 0 Å². The number of rotatable bonds is 6. The summed E-state index contributed by atoms with van der Waals surface area (Å²) in [6, 6.07) is 3.77. The van der Waals surface area contributed by atoms with Gasteiger partial charge < -0.3 is 10.2 Å². The van der Waals surface area contributed by atoms with Gasteiger partial charge in [0, 0.05) is 36.1 Å². The van der Waals surface area contributed by atoms with E-state index in [1.165, 1.54) is 6.07 Å². The van der Waals surface area contributed by atoms with Crippen LogP contribution in [0.5, 0.6) is 0 Å². The van der Waals surface area contributed by atoms with Gasteiger partial charge in [0.2, 0.25) is 10.0 Å². The fourth-order valence-electron chi connectivity index (χ4n) is 4.78. The molecule has 4 heterocycles. The molecule has 9 nitrogen and oxygen atoms in total. The van der Waals surface area contributed by atoms with Gasteiger partial charge in [-0.3, -0.25) is 0 Å². The van der Waals surface area contributed by atoms with Crippen LogP contribution in [0.4, 0.5) is 14.5 Å². The quantitative estimate of drug-likeness (QED) is 0.524. The molecule has 180 valence electrons. The van der Waals surface area contributed by atoms with Gasteiger partial charge in [0.05, 0.1) is 16.1 Å². The van der Waals surface area contributed by atoms with Crippen LogP contribution in [0.2, 0.25) is 0 Å². The van der Waals surface area contributed by atoms with E-state index in [0.717, 1.165) is 43.7 Å². The van der Waals surface area contributed by atoms with Crippen molar-refractivity contribution in [2.24, 2.45) is 0 Å². The number of aryl methyl sites for hydroxylation is 1. The molecule has 2 atom stereocenters. The SMILES string of the molecule is Cc1nc(-c2nnc(C(F)F)s2)c2cc(S(=O)(=O)NC3(C)CC3)cc(N3C[C@@H]4C[C@H]3CN4)c2n1. The van der Waals surface area contributed by atoms with Crippen molar-refractivity contribution < 1.29 is 17.2 Å². The molecule has 3 aromatic rings. The van der Waals surface area contributed by atoms with Crippen LogP contribution in [0.25, 0.3) is 21.6 Å². The molecular formula is C21H23F2N7O2S2. The predicted octanol–water partition coefficient (Wildman–Crippen LogP) is 2.78. The molecule has 2 saturated heterocycles. The normalized spacial score (nSPS) is 23.4. The lowest BCUT2D eigenvalue weighted by molar-refractivity contribution is 0.150. The Morgan fingerprint density at radius 3 is 2.68 bits per heavy atom. The highest BCUT2D eigenvalue weighted by molar-refractivity contribution is 7.89. The van der Waals surface area contributed by atoms with E-state index in [2.05, 4.69) is 35.1 Å². The number of alkyl halides is 2. The standard InChI is InChI=1S/C21H23F2N7O2S2/c1-10-25-16-14(17(26-10)19-27-28-20(33-19)18(22)23)6-13(34(31,32)29-21(2)3-4-21)7-15(16)30-9-11-5-12(30)8-24-11/h6-7,11-12,18,24,29H,3-5,8-9H2,1-2H3/t11-,12-/m0/s1. The van der Waals surface area contributed by atoms with Crippen LogP contribution in [0.15, 0.2) is 17.0 Å². The van der Waals surface area contributed by atoms with Crippen molar-refractivity contribution in [3.63, 3.8) is 0 Å². The van der Waals surface area contributed by atoms with Gasteiger partial charge in [-0.1, -0.05) is 11.3 Å². The summed E-state index contributed by atoms with van der Waals surface area (Å²) in [5, 5.41) is 11.2. The van der Waals surface area contributed by atoms with Crippen molar-refractivity contribution >= 4 is 38.0 Å². The monoisotopic (exact) mass is 507 g/mol. The van der Waals surface area contributed by atoms with Crippen LogP contribution in [-0.2, 0) is 10.0 Å². The molecule has 34 heavy (non-hydrogen) atoms. The zero-order valence-corrected chi connectivity index (χ0v) is 20.2. The largest absolute Gasteiger partial charge is 0.364 e. The predicted molar refractivity (Wildman–Crippen MR) is 124 cm³/mol. The summed E-state index contributed by atoms with van der Waals surface area (Å²) < 4.78 is 55.9. The Labute approximate surface area is 199 Å². The molecule has 0 spiro atoms. The summed E-state index contributed by atoms with van der Waals surface area (Å²) in [6.07, 6.45) is -0.214. The summed E-state index contributed by atoms with van der Waals surface area (Å²) in [4.78, 5) is 11.4. The number of hydrogen-bond donors (Lipinski definition) is 2. The molecule has 3 aliphatic rings. The van der Waals surface area contributed by atoms with Crippen molar-refractivity contribution in [1.82, 2.24) is 30.2 Å². The van der Waals surface area contributed by atoms with Crippen LogP contribution >= 0.6 is 11.3 Å². The van der Waals surface area contributed by atoms with E-state index in [1.807, 2.05) is 6.92 Å². The molecule has 0 radical (unpaired) electrons. The number of piperazine rings is 1. The van der Waals surface area contributed by atoms with Gasteiger partial charge >= 0.3 is 0 Å². The Balaban J connectivity index is 1.58. The Hall–Kier alpha value is -2.35. The first-order chi connectivity index (χ1) is 16.1. The summed E-state index contributed by atoms with van der Waals surface area (Å²) in [5.74, 6) is 0.444. The zero-order valence-electron chi connectivity index (χ0n) is 18.5. The number of nitrogens with one attached hydrogen (secondary N) is 2. The Morgan fingerprint density at radius 1 is 1.26 bits per heavy atom. The molecule has 2 bridgehead atoms. The van der Waals surface area contributed by atoms with Crippen molar-refractivity contribution in [3.05, 3.63) is 23.0 Å². The maximum Gasteiger partial charge on any atom is 0.291 e. The summed E-state index contributed by atoms with van der Waals surface area (Å²) in [7, 11) is -3.83. The molecule has 0 unspecified atom stereocenters. The molecule has 1 aliphatic carbocycles. The van der Waals surface area contributed by atoms with Crippen LogP contribution in [0.1, 0.15) is 43.4 Å². The van der Waals surface area contributed by atoms with Gasteiger partial charge in [-0.15, -0.1) is 10.2 Å². The second-order valence-corrected chi connectivity index (χ2v) is 12.2. The lowest BCUT2D eigenvalue weighted by atomic mass is 10.1. The lowest BCUT2D eigenvalue weighted by Crippen LogP contribution is -2.44. The molecule has 1 aromatic carbocycles. The minimum Gasteiger partial charge on any atom is -0.364 e. The van der Waals surface area contributed by atoms with Crippen LogP contribution < -0.4 is 14.9 Å². The molecular weight excluding hydrogens is 484 g/mol. The lowest BCUT2D eigenvalue weighted by Gasteiger charge is -2.31. The third-order valence-electron chi connectivity index (χ3n) is 6.75. The first-order valence-electron chi connectivity index (χ1n) is 11.1. The first-order valence-corrected chi connectivity index (χ1v) is 13.4. The second-order valence-electron chi connectivity index (χ2n) is 9.52. The zero-order chi connectivity index (χ0) is 23.8. The van der Waals surface area contributed by atoms with Gasteiger partial charge in [0.15, 0.2) is 10.0 Å². The van der Waals surface area contributed by atoms with E-state index in [0.29, 0.717) is 34.2 Å². The molecule has 2 N–H and O–H groups in total. The minimum atomic E-state index is -3.83. The summed E-state index contributed by atoms with van der Waals surface area (Å²) in [6.45, 7) is 5.15. The number of aromatic nitrogens is 4. The Bertz CT molecular complexity index is 1410. The maximum atomic E-state index is 13.4. The minimum absolute atomic E-state index is 0.103. The highest BCUT2D eigenvalue weighted by Crippen LogP contribution is 2.41. The van der Waals surface area contributed by atoms with Gasteiger partial charge in [0.25, 0.3) is 6.43 Å². The van der Waals surface area contributed by atoms with Crippen LogP contribution in [0, 0.1) is 6.92 Å². The van der Waals surface area contributed by atoms with Gasteiger partial charge in [0.1, 0.15) is 11.5 Å². The highest BCUT2D eigenvalue weighted by atomic mass is 32.2. The van der Waals surface area contributed by atoms with Gasteiger partial charge in [-0.2, -0.15) is 0 Å². The van der Waals surface area contributed by atoms with E-state index in [9.17, 15) is 17.2 Å². The fourth-order valence-corrected chi connectivity index (χ4v) is 7.00. The van der Waals surface area contributed by atoms with Crippen molar-refractivity contribution in [2.45, 2.75) is 62.1 Å². The number of hydrogen-bond acceptors (Lipinski definition) is 9. The van der Waals surface area contributed by atoms with Crippen molar-refractivity contribution in [2.75, 3.05) is 18.0 Å². The summed E-state index contributed by atoms with van der Waals surface area (Å²) >= 11 is 0.750. The second kappa shape index (κ2) is 7.57. The Morgan fingerprint density at radius 2 is 2.06 bits per heavy atom. The van der Waals surface area contributed by atoms with E-state index >= 15 is 0 Å². The number of anilines is 1. The Kier molecular flexibility index (Phi) is 4.93.